The number of hydrogen-bond donors (Lipinski definition) is 0. The van der Waals surface area contributed by atoms with E-state index in [1.54, 1.807) is 6.26 Å². The van der Waals surface area contributed by atoms with Gasteiger partial charge in [0.25, 0.3) is 0 Å². The summed E-state index contributed by atoms with van der Waals surface area (Å²) in [6.45, 7) is 7.10. The highest BCUT2D eigenvalue weighted by atomic mass is 16.3. The number of benzene rings is 2. The molecular weight excluding hydrogens is 296 g/mol. The van der Waals surface area contributed by atoms with E-state index < -0.39 is 0 Å². The first-order chi connectivity index (χ1) is 11.7. The second-order valence-corrected chi connectivity index (χ2v) is 6.69. The van der Waals surface area contributed by atoms with E-state index in [1.807, 2.05) is 0 Å². The third-order valence-electron chi connectivity index (χ3n) is 4.76. The Balaban J connectivity index is 1.50. The molecule has 3 heteroatoms. The van der Waals surface area contributed by atoms with Crippen molar-refractivity contribution in [1.29, 1.82) is 0 Å². The first kappa shape index (κ1) is 15.2. The van der Waals surface area contributed by atoms with Crippen LogP contribution < -0.4 is 0 Å². The highest BCUT2D eigenvalue weighted by molar-refractivity contribution is 5.59. The zero-order valence-electron chi connectivity index (χ0n) is 14.2. The summed E-state index contributed by atoms with van der Waals surface area (Å²) in [5.74, 6) is 0.722. The lowest BCUT2D eigenvalue weighted by molar-refractivity contribution is 0.242. The smallest absolute Gasteiger partial charge is 0.226 e. The number of aromatic nitrogens is 1. The van der Waals surface area contributed by atoms with E-state index in [2.05, 4.69) is 61.2 Å². The van der Waals surface area contributed by atoms with Crippen LogP contribution in [-0.2, 0) is 19.5 Å². The summed E-state index contributed by atoms with van der Waals surface area (Å²) in [4.78, 5) is 7.15. The van der Waals surface area contributed by atoms with Crippen molar-refractivity contribution < 1.29 is 4.42 Å². The van der Waals surface area contributed by atoms with E-state index in [1.165, 1.54) is 22.3 Å². The van der Waals surface area contributed by atoms with Crippen LogP contribution in [0.5, 0.6) is 0 Å². The first-order valence-electron chi connectivity index (χ1n) is 8.50. The number of fused-ring (bicyclic) bond motifs is 1. The predicted molar refractivity (Wildman–Crippen MR) is 95.7 cm³/mol. The molecule has 0 spiro atoms. The molecule has 2 aromatic carbocycles. The highest BCUT2D eigenvalue weighted by Gasteiger charge is 2.17. The van der Waals surface area contributed by atoms with Crippen molar-refractivity contribution in [2.75, 3.05) is 6.54 Å². The standard InChI is InChI=1S/C21H22N2O/c1-15-7-8-20(16(2)11-15)21-22-19(14-24-21)13-23-10-9-17-5-3-4-6-18(17)12-23/h3-8,11,14H,9-10,12-13H2,1-2H3. The summed E-state index contributed by atoms with van der Waals surface area (Å²) in [7, 11) is 0. The summed E-state index contributed by atoms with van der Waals surface area (Å²) >= 11 is 0. The second kappa shape index (κ2) is 6.25. The lowest BCUT2D eigenvalue weighted by atomic mass is 10.00. The molecule has 1 aliphatic heterocycles. The molecule has 0 bridgehead atoms. The number of aryl methyl sites for hydroxylation is 2. The Morgan fingerprint density at radius 1 is 1.08 bits per heavy atom. The van der Waals surface area contributed by atoms with Crippen LogP contribution in [0.25, 0.3) is 11.5 Å². The fraction of sp³-hybridized carbons (Fsp3) is 0.286. The summed E-state index contributed by atoms with van der Waals surface area (Å²) in [6, 6.07) is 15.1. The fourth-order valence-corrected chi connectivity index (χ4v) is 3.48. The quantitative estimate of drug-likeness (QED) is 0.711. The van der Waals surface area contributed by atoms with E-state index in [-0.39, 0.29) is 0 Å². The van der Waals surface area contributed by atoms with E-state index in [9.17, 15) is 0 Å². The molecule has 1 aromatic heterocycles. The lowest BCUT2D eigenvalue weighted by Crippen LogP contribution is -2.30. The van der Waals surface area contributed by atoms with Crippen LogP contribution in [0.1, 0.15) is 27.9 Å². The molecule has 24 heavy (non-hydrogen) atoms. The number of rotatable bonds is 3. The summed E-state index contributed by atoms with van der Waals surface area (Å²) in [6.07, 6.45) is 2.91. The largest absolute Gasteiger partial charge is 0.444 e. The van der Waals surface area contributed by atoms with Gasteiger partial charge in [-0.3, -0.25) is 4.90 Å². The summed E-state index contributed by atoms with van der Waals surface area (Å²) in [5.41, 5.74) is 7.46. The topological polar surface area (TPSA) is 29.3 Å². The minimum Gasteiger partial charge on any atom is -0.444 e. The Hall–Kier alpha value is -2.39. The molecule has 0 unspecified atom stereocenters. The minimum atomic E-state index is 0.722. The van der Waals surface area contributed by atoms with Gasteiger partial charge in [0.1, 0.15) is 6.26 Å². The normalized spacial score (nSPS) is 14.6. The van der Waals surface area contributed by atoms with Gasteiger partial charge in [-0.25, -0.2) is 4.98 Å². The lowest BCUT2D eigenvalue weighted by Gasteiger charge is -2.27. The average Bonchev–Trinajstić information content (AvgIpc) is 3.03. The average molecular weight is 318 g/mol. The van der Waals surface area contributed by atoms with Crippen molar-refractivity contribution in [3.63, 3.8) is 0 Å². The zero-order chi connectivity index (χ0) is 16.5. The molecule has 2 heterocycles. The summed E-state index contributed by atoms with van der Waals surface area (Å²) in [5, 5.41) is 0. The van der Waals surface area contributed by atoms with Crippen molar-refractivity contribution in [3.05, 3.63) is 76.7 Å². The van der Waals surface area contributed by atoms with Crippen LogP contribution >= 0.6 is 0 Å². The number of nitrogens with zero attached hydrogens (tertiary/aromatic N) is 2. The molecule has 0 saturated carbocycles. The molecule has 0 N–H and O–H groups in total. The van der Waals surface area contributed by atoms with Crippen LogP contribution in [-0.4, -0.2) is 16.4 Å². The fourth-order valence-electron chi connectivity index (χ4n) is 3.48. The molecule has 0 atom stereocenters. The van der Waals surface area contributed by atoms with Crippen molar-refractivity contribution in [3.8, 4) is 11.5 Å². The molecule has 0 aliphatic carbocycles. The van der Waals surface area contributed by atoms with Gasteiger partial charge in [-0.15, -0.1) is 0 Å². The molecule has 0 radical (unpaired) electrons. The molecule has 0 fully saturated rings. The molecular formula is C21H22N2O. The van der Waals surface area contributed by atoms with Gasteiger partial charge < -0.3 is 4.42 Å². The van der Waals surface area contributed by atoms with Gasteiger partial charge in [0, 0.05) is 25.2 Å². The van der Waals surface area contributed by atoms with Crippen LogP contribution in [0.15, 0.2) is 53.1 Å². The van der Waals surface area contributed by atoms with Gasteiger partial charge in [0.15, 0.2) is 0 Å². The van der Waals surface area contributed by atoms with Gasteiger partial charge in [-0.1, -0.05) is 42.0 Å². The second-order valence-electron chi connectivity index (χ2n) is 6.69. The zero-order valence-corrected chi connectivity index (χ0v) is 14.2. The molecule has 3 aromatic rings. The van der Waals surface area contributed by atoms with Crippen molar-refractivity contribution in [2.24, 2.45) is 0 Å². The van der Waals surface area contributed by atoms with Crippen LogP contribution in [0.4, 0.5) is 0 Å². The summed E-state index contributed by atoms with van der Waals surface area (Å²) < 4.78 is 5.74. The monoisotopic (exact) mass is 318 g/mol. The third-order valence-corrected chi connectivity index (χ3v) is 4.76. The van der Waals surface area contributed by atoms with Gasteiger partial charge in [-0.05, 0) is 43.0 Å². The van der Waals surface area contributed by atoms with Crippen molar-refractivity contribution in [2.45, 2.75) is 33.4 Å². The van der Waals surface area contributed by atoms with Gasteiger partial charge in [0.05, 0.1) is 5.69 Å². The molecule has 122 valence electrons. The minimum absolute atomic E-state index is 0.722. The van der Waals surface area contributed by atoms with Gasteiger partial charge in [0.2, 0.25) is 5.89 Å². The third kappa shape index (κ3) is 3.00. The maximum absolute atomic E-state index is 5.74. The highest BCUT2D eigenvalue weighted by Crippen LogP contribution is 2.25. The Bertz CT molecular complexity index is 866. The van der Waals surface area contributed by atoms with E-state index in [0.29, 0.717) is 0 Å². The molecule has 4 rings (SSSR count). The maximum atomic E-state index is 5.74. The van der Waals surface area contributed by atoms with E-state index in [0.717, 1.165) is 43.2 Å². The molecule has 0 saturated heterocycles. The Morgan fingerprint density at radius 3 is 2.75 bits per heavy atom. The Morgan fingerprint density at radius 2 is 1.92 bits per heavy atom. The Kier molecular flexibility index (Phi) is 3.95. The van der Waals surface area contributed by atoms with E-state index >= 15 is 0 Å². The predicted octanol–water partition coefficient (Wildman–Crippen LogP) is 4.52. The molecule has 0 amide bonds. The van der Waals surface area contributed by atoms with Gasteiger partial charge >= 0.3 is 0 Å². The van der Waals surface area contributed by atoms with E-state index in [4.69, 9.17) is 9.40 Å². The maximum Gasteiger partial charge on any atom is 0.226 e. The van der Waals surface area contributed by atoms with Crippen molar-refractivity contribution >= 4 is 0 Å². The molecule has 3 nitrogen and oxygen atoms in total. The van der Waals surface area contributed by atoms with Crippen LogP contribution in [0, 0.1) is 13.8 Å². The SMILES string of the molecule is Cc1ccc(-c2nc(CN3CCc4ccccc4C3)co2)c(C)c1. The number of oxazole rings is 1. The van der Waals surface area contributed by atoms with Crippen LogP contribution in [0.2, 0.25) is 0 Å². The van der Waals surface area contributed by atoms with Crippen molar-refractivity contribution in [1.82, 2.24) is 9.88 Å². The van der Waals surface area contributed by atoms with Gasteiger partial charge in [-0.2, -0.15) is 0 Å². The first-order valence-corrected chi connectivity index (χ1v) is 8.50. The number of hydrogen-bond acceptors (Lipinski definition) is 3. The molecule has 1 aliphatic rings. The Labute approximate surface area is 143 Å². The van der Waals surface area contributed by atoms with Crippen LogP contribution in [0.3, 0.4) is 0 Å².